The van der Waals surface area contributed by atoms with E-state index in [1.165, 1.54) is 7.11 Å². The van der Waals surface area contributed by atoms with Crippen LogP contribution in [0.15, 0.2) is 18.2 Å². The highest BCUT2D eigenvalue weighted by Crippen LogP contribution is 2.38. The lowest BCUT2D eigenvalue weighted by atomic mass is 9.78. The zero-order valence-electron chi connectivity index (χ0n) is 16.4. The molecule has 1 amide bonds. The largest absolute Gasteiger partial charge is 0.498 e. The molecule has 7 heteroatoms. The zero-order valence-corrected chi connectivity index (χ0v) is 16.4. The molecule has 1 fully saturated rings. The van der Waals surface area contributed by atoms with E-state index >= 15 is 0 Å². The summed E-state index contributed by atoms with van der Waals surface area (Å²) in [6.45, 7) is 13.6. The minimum absolute atomic E-state index is 0.316. The third-order valence-electron chi connectivity index (χ3n) is 4.40. The molecule has 0 atom stereocenters. The van der Waals surface area contributed by atoms with Crippen molar-refractivity contribution in [2.45, 2.75) is 65.2 Å². The Morgan fingerprint density at radius 2 is 1.68 bits per heavy atom. The smallest absolute Gasteiger partial charge is 0.493 e. The summed E-state index contributed by atoms with van der Waals surface area (Å²) in [6.07, 6.45) is -0.545. The number of benzene rings is 1. The predicted molar refractivity (Wildman–Crippen MR) is 97.6 cm³/mol. The van der Waals surface area contributed by atoms with Crippen LogP contribution in [0.1, 0.15) is 48.5 Å². The third-order valence-corrected chi connectivity index (χ3v) is 4.40. The summed E-state index contributed by atoms with van der Waals surface area (Å²) >= 11 is 0. The lowest BCUT2D eigenvalue weighted by molar-refractivity contribution is 0.00578. The van der Waals surface area contributed by atoms with Crippen LogP contribution < -0.4 is 20.3 Å². The van der Waals surface area contributed by atoms with Gasteiger partial charge in [-0.1, -0.05) is 12.1 Å². The van der Waals surface area contributed by atoms with Gasteiger partial charge >= 0.3 is 13.2 Å². The van der Waals surface area contributed by atoms with E-state index in [0.717, 1.165) is 0 Å². The Morgan fingerprint density at radius 1 is 1.12 bits per heavy atom. The monoisotopic (exact) mass is 349 g/mol. The molecule has 0 aromatic heterocycles. The van der Waals surface area contributed by atoms with Gasteiger partial charge in [-0.3, -0.25) is 0 Å². The molecule has 0 bridgehead atoms. The fourth-order valence-corrected chi connectivity index (χ4v) is 2.42. The van der Waals surface area contributed by atoms with Gasteiger partial charge in [0.25, 0.3) is 0 Å². The summed E-state index contributed by atoms with van der Waals surface area (Å²) in [5, 5.41) is 2.75. The minimum atomic E-state index is -0.603. The van der Waals surface area contributed by atoms with Crippen LogP contribution in [0.4, 0.5) is 4.79 Å². The third kappa shape index (κ3) is 4.28. The van der Waals surface area contributed by atoms with E-state index in [9.17, 15) is 4.79 Å². The molecule has 25 heavy (non-hydrogen) atoms. The molecule has 0 spiro atoms. The number of amides is 1. The molecule has 0 radical (unpaired) electrons. The van der Waals surface area contributed by atoms with Gasteiger partial charge < -0.3 is 24.1 Å². The predicted octanol–water partition coefficient (Wildman–Crippen LogP) is 2.88. The molecule has 0 saturated carbocycles. The number of nitrogens with one attached hydrogen (secondary N) is 1. The Kier molecular flexibility index (Phi) is 5.12. The summed E-state index contributed by atoms with van der Waals surface area (Å²) in [6, 6.07) is 5.30. The van der Waals surface area contributed by atoms with Crippen molar-refractivity contribution in [3.05, 3.63) is 18.2 Å². The molecule has 138 valence electrons. The van der Waals surface area contributed by atoms with Crippen molar-refractivity contribution in [1.29, 1.82) is 0 Å². The van der Waals surface area contributed by atoms with E-state index in [-0.39, 0.29) is 0 Å². The molecule has 1 N–H and O–H groups in total. The zero-order chi connectivity index (χ0) is 19.0. The van der Waals surface area contributed by atoms with E-state index in [1.807, 2.05) is 54.5 Å². The maximum atomic E-state index is 12.1. The highest BCUT2D eigenvalue weighted by Gasteiger charge is 2.52. The van der Waals surface area contributed by atoms with Crippen molar-refractivity contribution in [1.82, 2.24) is 5.32 Å². The van der Waals surface area contributed by atoms with Crippen molar-refractivity contribution < 1.29 is 23.6 Å². The van der Waals surface area contributed by atoms with E-state index in [2.05, 4.69) is 5.32 Å². The average Bonchev–Trinajstić information content (AvgIpc) is 2.65. The first-order chi connectivity index (χ1) is 11.4. The number of hydrogen-bond acceptors (Lipinski definition) is 5. The lowest BCUT2D eigenvalue weighted by Gasteiger charge is -2.32. The second-order valence-electron chi connectivity index (χ2n) is 8.23. The van der Waals surface area contributed by atoms with Crippen LogP contribution >= 0.6 is 0 Å². The Balaban J connectivity index is 2.29. The highest BCUT2D eigenvalue weighted by molar-refractivity contribution is 6.63. The lowest BCUT2D eigenvalue weighted by Crippen LogP contribution is -2.42. The Bertz CT molecular complexity index is 635. The number of methoxy groups -OCH3 is 1. The summed E-state index contributed by atoms with van der Waals surface area (Å²) in [7, 11) is 0.924. The van der Waals surface area contributed by atoms with Crippen LogP contribution in [0.2, 0.25) is 0 Å². The van der Waals surface area contributed by atoms with Gasteiger partial charge in [-0.2, -0.15) is 0 Å². The van der Waals surface area contributed by atoms with E-state index in [0.29, 0.717) is 17.0 Å². The van der Waals surface area contributed by atoms with Gasteiger partial charge in [0, 0.05) is 11.0 Å². The molecule has 0 unspecified atom stereocenters. The minimum Gasteiger partial charge on any atom is -0.493 e. The maximum Gasteiger partial charge on any atom is 0.498 e. The maximum absolute atomic E-state index is 12.1. The number of ether oxygens (including phenoxy) is 2. The number of carbonyl (C=O) groups is 1. The second kappa shape index (κ2) is 6.54. The first-order valence-electron chi connectivity index (χ1n) is 8.39. The number of hydrogen-bond donors (Lipinski definition) is 1. The normalized spacial score (nSPS) is 18.8. The second-order valence-corrected chi connectivity index (χ2v) is 8.23. The topological polar surface area (TPSA) is 66.0 Å². The van der Waals surface area contributed by atoms with E-state index in [1.54, 1.807) is 12.1 Å². The summed E-state index contributed by atoms with van der Waals surface area (Å²) in [4.78, 5) is 12.1. The van der Waals surface area contributed by atoms with Crippen molar-refractivity contribution in [2.24, 2.45) is 0 Å². The van der Waals surface area contributed by atoms with Crippen molar-refractivity contribution in [3.8, 4) is 11.5 Å². The van der Waals surface area contributed by atoms with Gasteiger partial charge in [-0.15, -0.1) is 0 Å². The Morgan fingerprint density at radius 3 is 2.16 bits per heavy atom. The van der Waals surface area contributed by atoms with Crippen molar-refractivity contribution in [2.75, 3.05) is 7.11 Å². The molecule has 1 aromatic carbocycles. The molecule has 1 heterocycles. The quantitative estimate of drug-likeness (QED) is 0.850. The van der Waals surface area contributed by atoms with Gasteiger partial charge in [-0.05, 0) is 54.5 Å². The number of carbonyl (C=O) groups excluding carboxylic acids is 1. The fraction of sp³-hybridized carbons (Fsp3) is 0.611. The van der Waals surface area contributed by atoms with Crippen LogP contribution in [-0.4, -0.2) is 37.1 Å². The molecule has 1 aromatic rings. The van der Waals surface area contributed by atoms with Crippen molar-refractivity contribution in [3.63, 3.8) is 0 Å². The molecule has 1 aliphatic rings. The molecule has 1 aliphatic heterocycles. The fourth-order valence-electron chi connectivity index (χ4n) is 2.42. The van der Waals surface area contributed by atoms with E-state index < -0.39 is 30.0 Å². The molecule has 2 rings (SSSR count). The van der Waals surface area contributed by atoms with Gasteiger partial charge in [0.15, 0.2) is 11.5 Å². The summed E-state index contributed by atoms with van der Waals surface area (Å²) in [5.74, 6) is 0.738. The standard InChI is InChI=1S/C18H28BNO5/c1-16(2,3)20-15(21)23-13-11-9-10-12(14(13)22-8)19-24-17(4,5)18(6,7)25-19/h9-11H,1-8H3,(H,20,21). The van der Waals surface area contributed by atoms with Crippen LogP contribution in [0.5, 0.6) is 11.5 Å². The molecular weight excluding hydrogens is 321 g/mol. The highest BCUT2D eigenvalue weighted by atomic mass is 16.7. The molecule has 1 saturated heterocycles. The van der Waals surface area contributed by atoms with Crippen molar-refractivity contribution >= 4 is 18.7 Å². The van der Waals surface area contributed by atoms with Gasteiger partial charge in [0.2, 0.25) is 0 Å². The molecule has 6 nitrogen and oxygen atoms in total. The van der Waals surface area contributed by atoms with Gasteiger partial charge in [-0.25, -0.2) is 4.79 Å². The SMILES string of the molecule is COc1c(OC(=O)NC(C)(C)C)cccc1B1OC(C)(C)C(C)(C)O1. The molecular formula is C18H28BNO5. The van der Waals surface area contributed by atoms with Gasteiger partial charge in [0.1, 0.15) is 0 Å². The van der Waals surface area contributed by atoms with Gasteiger partial charge in [0.05, 0.1) is 18.3 Å². The number of para-hydroxylation sites is 1. The van der Waals surface area contributed by atoms with Crippen LogP contribution in [0, 0.1) is 0 Å². The average molecular weight is 349 g/mol. The van der Waals surface area contributed by atoms with Crippen LogP contribution in [0.3, 0.4) is 0 Å². The summed E-state index contributed by atoms with van der Waals surface area (Å²) < 4.78 is 23.1. The molecule has 0 aliphatic carbocycles. The van der Waals surface area contributed by atoms with Crippen LogP contribution in [-0.2, 0) is 9.31 Å². The van der Waals surface area contributed by atoms with Crippen LogP contribution in [0.25, 0.3) is 0 Å². The Hall–Kier alpha value is -1.73. The Labute approximate surface area is 150 Å². The first-order valence-corrected chi connectivity index (χ1v) is 8.39. The first kappa shape index (κ1) is 19.6. The number of rotatable bonds is 3. The summed E-state index contributed by atoms with van der Waals surface area (Å²) in [5.41, 5.74) is -0.651. The van der Waals surface area contributed by atoms with E-state index in [4.69, 9.17) is 18.8 Å².